The van der Waals surface area contributed by atoms with Gasteiger partial charge < -0.3 is 16.2 Å². The standard InChI is InChI=1S/C13H18N2O3/c1-2-11(13(17)18)15-12(16)10(14)8-9-6-4-3-5-7-9/h3-7,10-11H,2,8,14H2,1H3,(H,15,16)(H,17,18)/t10?,11-/m1/s1. The first kappa shape index (κ1) is 14.2. The number of carboxylic acid groups (broad SMARTS) is 1. The van der Waals surface area contributed by atoms with E-state index in [1.165, 1.54) is 0 Å². The average molecular weight is 250 g/mol. The first-order chi connectivity index (χ1) is 8.54. The lowest BCUT2D eigenvalue weighted by Crippen LogP contribution is -2.48. The van der Waals surface area contributed by atoms with Crippen LogP contribution in [0.3, 0.4) is 0 Å². The smallest absolute Gasteiger partial charge is 0.326 e. The molecule has 0 fully saturated rings. The fourth-order valence-electron chi connectivity index (χ4n) is 1.58. The molecule has 0 aliphatic heterocycles. The highest BCUT2D eigenvalue weighted by Gasteiger charge is 2.21. The number of nitrogens with two attached hydrogens (primary N) is 1. The number of hydrogen-bond donors (Lipinski definition) is 3. The maximum Gasteiger partial charge on any atom is 0.326 e. The van der Waals surface area contributed by atoms with Crippen LogP contribution in [-0.4, -0.2) is 29.1 Å². The Kier molecular flexibility index (Phi) is 5.32. The fraction of sp³-hybridized carbons (Fsp3) is 0.385. The molecule has 0 aliphatic carbocycles. The third-order valence-corrected chi connectivity index (χ3v) is 2.66. The minimum atomic E-state index is -1.04. The van der Waals surface area contributed by atoms with Crippen LogP contribution in [-0.2, 0) is 16.0 Å². The van der Waals surface area contributed by atoms with Crippen molar-refractivity contribution in [2.45, 2.75) is 31.8 Å². The van der Waals surface area contributed by atoms with Gasteiger partial charge in [0.2, 0.25) is 5.91 Å². The zero-order valence-corrected chi connectivity index (χ0v) is 10.3. The quantitative estimate of drug-likeness (QED) is 0.687. The predicted octanol–water partition coefficient (Wildman–Crippen LogP) is 0.536. The summed E-state index contributed by atoms with van der Waals surface area (Å²) in [7, 11) is 0. The highest BCUT2D eigenvalue weighted by molar-refractivity contribution is 5.86. The van der Waals surface area contributed by atoms with E-state index in [1.54, 1.807) is 6.92 Å². The van der Waals surface area contributed by atoms with E-state index >= 15 is 0 Å². The Morgan fingerprint density at radius 2 is 1.94 bits per heavy atom. The van der Waals surface area contributed by atoms with Crippen LogP contribution in [0, 0.1) is 0 Å². The normalized spacial score (nSPS) is 13.7. The summed E-state index contributed by atoms with van der Waals surface area (Å²) in [6.45, 7) is 1.70. The minimum absolute atomic E-state index is 0.332. The van der Waals surface area contributed by atoms with Crippen LogP contribution < -0.4 is 11.1 Å². The predicted molar refractivity (Wildman–Crippen MR) is 68.0 cm³/mol. The molecule has 1 aromatic carbocycles. The number of nitrogens with one attached hydrogen (secondary N) is 1. The number of rotatable bonds is 6. The molecule has 0 bridgehead atoms. The SMILES string of the molecule is CC[C@@H](NC(=O)C(N)Cc1ccccc1)C(=O)O. The molecule has 1 amide bonds. The molecule has 1 unspecified atom stereocenters. The zero-order valence-electron chi connectivity index (χ0n) is 10.3. The lowest BCUT2D eigenvalue weighted by molar-refractivity contribution is -0.142. The Morgan fingerprint density at radius 1 is 1.33 bits per heavy atom. The van der Waals surface area contributed by atoms with Crippen LogP contribution in [0.2, 0.25) is 0 Å². The van der Waals surface area contributed by atoms with Crippen molar-refractivity contribution < 1.29 is 14.7 Å². The summed E-state index contributed by atoms with van der Waals surface area (Å²) in [5.41, 5.74) is 6.70. The molecule has 1 aromatic rings. The molecule has 0 aliphatic rings. The Labute approximate surface area is 106 Å². The third-order valence-electron chi connectivity index (χ3n) is 2.66. The van der Waals surface area contributed by atoms with Gasteiger partial charge in [-0.15, -0.1) is 0 Å². The maximum absolute atomic E-state index is 11.7. The van der Waals surface area contributed by atoms with Gasteiger partial charge in [0.05, 0.1) is 6.04 Å². The highest BCUT2D eigenvalue weighted by atomic mass is 16.4. The number of carboxylic acids is 1. The number of carbonyl (C=O) groups is 2. The van der Waals surface area contributed by atoms with Gasteiger partial charge >= 0.3 is 5.97 Å². The molecule has 5 nitrogen and oxygen atoms in total. The van der Waals surface area contributed by atoms with Crippen LogP contribution in [0.4, 0.5) is 0 Å². The van der Waals surface area contributed by atoms with Crippen LogP contribution in [0.5, 0.6) is 0 Å². The summed E-state index contributed by atoms with van der Waals surface area (Å²) in [4.78, 5) is 22.5. The second kappa shape index (κ2) is 6.76. The molecule has 0 saturated carbocycles. The van der Waals surface area contributed by atoms with Crippen LogP contribution in [0.15, 0.2) is 30.3 Å². The molecule has 5 heteroatoms. The van der Waals surface area contributed by atoms with Gasteiger partial charge in [0.1, 0.15) is 6.04 Å². The van der Waals surface area contributed by atoms with E-state index < -0.39 is 24.0 Å². The van der Waals surface area contributed by atoms with Gasteiger partial charge in [-0.3, -0.25) is 4.79 Å². The molecular weight excluding hydrogens is 232 g/mol. The molecule has 0 heterocycles. The fourth-order valence-corrected chi connectivity index (χ4v) is 1.58. The highest BCUT2D eigenvalue weighted by Crippen LogP contribution is 2.02. The van der Waals surface area contributed by atoms with Crippen molar-refractivity contribution in [2.75, 3.05) is 0 Å². The number of benzene rings is 1. The Hall–Kier alpha value is -1.88. The lowest BCUT2D eigenvalue weighted by Gasteiger charge is -2.16. The van der Waals surface area contributed by atoms with Crippen molar-refractivity contribution in [3.05, 3.63) is 35.9 Å². The second-order valence-corrected chi connectivity index (χ2v) is 4.10. The van der Waals surface area contributed by atoms with Crippen molar-refractivity contribution in [1.29, 1.82) is 0 Å². The first-order valence-corrected chi connectivity index (χ1v) is 5.87. The summed E-state index contributed by atoms with van der Waals surface area (Å²) in [5, 5.41) is 11.3. The molecule has 98 valence electrons. The molecule has 4 N–H and O–H groups in total. The molecule has 1 rings (SSSR count). The molecule has 2 atom stereocenters. The molecular formula is C13H18N2O3. The van der Waals surface area contributed by atoms with Gasteiger partial charge in [0, 0.05) is 0 Å². The topological polar surface area (TPSA) is 92.4 Å². The average Bonchev–Trinajstić information content (AvgIpc) is 2.36. The van der Waals surface area contributed by atoms with Crippen LogP contribution >= 0.6 is 0 Å². The summed E-state index contributed by atoms with van der Waals surface area (Å²) in [5.74, 6) is -1.48. The molecule has 0 radical (unpaired) electrons. The van der Waals surface area contributed by atoms with Crippen molar-refractivity contribution in [3.8, 4) is 0 Å². The Balaban J connectivity index is 2.54. The Bertz CT molecular complexity index is 406. The summed E-state index contributed by atoms with van der Waals surface area (Å²) in [6.07, 6.45) is 0.724. The van der Waals surface area contributed by atoms with Crippen molar-refractivity contribution in [1.82, 2.24) is 5.32 Å². The van der Waals surface area contributed by atoms with Crippen molar-refractivity contribution >= 4 is 11.9 Å². The lowest BCUT2D eigenvalue weighted by atomic mass is 10.1. The van der Waals surface area contributed by atoms with Crippen LogP contribution in [0.1, 0.15) is 18.9 Å². The van der Waals surface area contributed by atoms with E-state index in [-0.39, 0.29) is 0 Å². The second-order valence-electron chi connectivity index (χ2n) is 4.10. The van der Waals surface area contributed by atoms with E-state index in [1.807, 2.05) is 30.3 Å². The first-order valence-electron chi connectivity index (χ1n) is 5.87. The minimum Gasteiger partial charge on any atom is -0.480 e. The largest absolute Gasteiger partial charge is 0.480 e. The molecule has 18 heavy (non-hydrogen) atoms. The van der Waals surface area contributed by atoms with Crippen molar-refractivity contribution in [3.63, 3.8) is 0 Å². The zero-order chi connectivity index (χ0) is 13.5. The van der Waals surface area contributed by atoms with E-state index in [0.29, 0.717) is 12.8 Å². The summed E-state index contributed by atoms with van der Waals surface area (Å²) < 4.78 is 0. The maximum atomic E-state index is 11.7. The van der Waals surface area contributed by atoms with E-state index in [0.717, 1.165) is 5.56 Å². The summed E-state index contributed by atoms with van der Waals surface area (Å²) >= 11 is 0. The monoisotopic (exact) mass is 250 g/mol. The molecule has 0 saturated heterocycles. The van der Waals surface area contributed by atoms with E-state index in [4.69, 9.17) is 10.8 Å². The molecule has 0 spiro atoms. The third kappa shape index (κ3) is 4.18. The van der Waals surface area contributed by atoms with Gasteiger partial charge in [-0.1, -0.05) is 37.3 Å². The van der Waals surface area contributed by atoms with Crippen LogP contribution in [0.25, 0.3) is 0 Å². The number of aliphatic carboxylic acids is 1. The van der Waals surface area contributed by atoms with Crippen molar-refractivity contribution in [2.24, 2.45) is 5.73 Å². The summed E-state index contributed by atoms with van der Waals surface area (Å²) in [6, 6.07) is 7.76. The van der Waals surface area contributed by atoms with Gasteiger partial charge in [-0.25, -0.2) is 4.79 Å². The Morgan fingerprint density at radius 3 is 2.44 bits per heavy atom. The molecule has 0 aromatic heterocycles. The van der Waals surface area contributed by atoms with E-state index in [2.05, 4.69) is 5.32 Å². The van der Waals surface area contributed by atoms with Gasteiger partial charge in [-0.05, 0) is 18.4 Å². The number of hydrogen-bond acceptors (Lipinski definition) is 3. The number of amides is 1. The van der Waals surface area contributed by atoms with Gasteiger partial charge in [0.15, 0.2) is 0 Å². The number of carbonyl (C=O) groups excluding carboxylic acids is 1. The van der Waals surface area contributed by atoms with E-state index in [9.17, 15) is 9.59 Å². The van der Waals surface area contributed by atoms with Gasteiger partial charge in [0.25, 0.3) is 0 Å². The van der Waals surface area contributed by atoms with Gasteiger partial charge in [-0.2, -0.15) is 0 Å².